The lowest BCUT2D eigenvalue weighted by molar-refractivity contribution is -0.246. The summed E-state index contributed by atoms with van der Waals surface area (Å²) in [6, 6.07) is 6.99. The van der Waals surface area contributed by atoms with Crippen LogP contribution in [0.3, 0.4) is 0 Å². The summed E-state index contributed by atoms with van der Waals surface area (Å²) in [5.41, 5.74) is 0.664. The smallest absolute Gasteiger partial charge is 0.266 e. The Balaban J connectivity index is 1.45. The first-order valence-corrected chi connectivity index (χ1v) is 8.30. The van der Waals surface area contributed by atoms with Crippen molar-refractivity contribution < 1.29 is 14.4 Å². The number of benzene rings is 1. The molecule has 4 bridgehead atoms. The van der Waals surface area contributed by atoms with Gasteiger partial charge in [-0.25, -0.2) is 0 Å². The van der Waals surface area contributed by atoms with E-state index in [-0.39, 0.29) is 17.4 Å². The standard InChI is InChI=1S/C18H19NO3/c20-16-14-3-1-2-4-15(14)17(21)19(16)22-18-8-11-5-12(9-18)7-13(6-11)10-18/h1-4,11-13H,5-10H2. The van der Waals surface area contributed by atoms with Gasteiger partial charge in [0.05, 0.1) is 16.7 Å². The maximum absolute atomic E-state index is 12.5. The van der Waals surface area contributed by atoms with Crippen LogP contribution in [0.5, 0.6) is 0 Å². The third-order valence-corrected chi connectivity index (χ3v) is 6.02. The molecule has 1 aromatic carbocycles. The number of hydrogen-bond acceptors (Lipinski definition) is 3. The first-order chi connectivity index (χ1) is 10.6. The minimum absolute atomic E-state index is 0.276. The van der Waals surface area contributed by atoms with Crippen LogP contribution in [0.2, 0.25) is 0 Å². The summed E-state index contributed by atoms with van der Waals surface area (Å²) in [7, 11) is 0. The first-order valence-electron chi connectivity index (χ1n) is 8.30. The number of rotatable bonds is 2. The molecule has 22 heavy (non-hydrogen) atoms. The van der Waals surface area contributed by atoms with Gasteiger partial charge in [-0.15, -0.1) is 5.06 Å². The summed E-state index contributed by atoms with van der Waals surface area (Å²) < 4.78 is 0. The van der Waals surface area contributed by atoms with Crippen molar-refractivity contribution in [3.8, 4) is 0 Å². The minimum atomic E-state index is -0.295. The third-order valence-electron chi connectivity index (χ3n) is 6.02. The summed E-state index contributed by atoms with van der Waals surface area (Å²) in [5.74, 6) is 1.58. The summed E-state index contributed by atoms with van der Waals surface area (Å²) >= 11 is 0. The second-order valence-corrected chi connectivity index (χ2v) is 7.64. The number of hydrogen-bond donors (Lipinski definition) is 0. The molecule has 5 aliphatic rings. The van der Waals surface area contributed by atoms with Crippen LogP contribution in [0.15, 0.2) is 24.3 Å². The Morgan fingerprint density at radius 1 is 0.864 bits per heavy atom. The summed E-state index contributed by atoms with van der Waals surface area (Å²) in [5, 5.41) is 1.05. The maximum atomic E-state index is 12.5. The predicted octanol–water partition coefficient (Wildman–Crippen LogP) is 3.18. The first kappa shape index (κ1) is 12.8. The lowest BCUT2D eigenvalue weighted by atomic mass is 9.54. The van der Waals surface area contributed by atoms with Gasteiger partial charge in [0.2, 0.25) is 0 Å². The molecule has 0 atom stereocenters. The van der Waals surface area contributed by atoms with Crippen LogP contribution in [-0.4, -0.2) is 22.5 Å². The number of carbonyl (C=O) groups excluding carboxylic acids is 2. The van der Waals surface area contributed by atoms with Gasteiger partial charge in [-0.05, 0) is 68.4 Å². The molecule has 0 N–H and O–H groups in total. The fourth-order valence-corrected chi connectivity index (χ4v) is 5.59. The molecule has 6 rings (SSSR count). The van der Waals surface area contributed by atoms with Crippen LogP contribution < -0.4 is 0 Å². The molecule has 1 aliphatic heterocycles. The topological polar surface area (TPSA) is 46.6 Å². The Labute approximate surface area is 129 Å². The Morgan fingerprint density at radius 2 is 1.32 bits per heavy atom. The Bertz CT molecular complexity index is 610. The molecule has 0 aromatic heterocycles. The second kappa shape index (κ2) is 4.19. The molecule has 4 fully saturated rings. The zero-order valence-electron chi connectivity index (χ0n) is 12.5. The SMILES string of the molecule is O=C1c2ccccc2C(=O)N1OC12CC3CC(CC(C3)C1)C2. The molecule has 4 heteroatoms. The van der Waals surface area contributed by atoms with Crippen LogP contribution in [0, 0.1) is 17.8 Å². The molecule has 2 amide bonds. The van der Waals surface area contributed by atoms with Gasteiger partial charge in [-0.2, -0.15) is 0 Å². The van der Waals surface area contributed by atoms with Crippen molar-refractivity contribution in [3.63, 3.8) is 0 Å². The monoisotopic (exact) mass is 297 g/mol. The van der Waals surface area contributed by atoms with Crippen molar-refractivity contribution in [2.75, 3.05) is 0 Å². The zero-order chi connectivity index (χ0) is 14.9. The Morgan fingerprint density at radius 3 is 1.77 bits per heavy atom. The fraction of sp³-hybridized carbons (Fsp3) is 0.556. The highest BCUT2D eigenvalue weighted by Crippen LogP contribution is 2.57. The highest BCUT2D eigenvalue weighted by molar-refractivity contribution is 6.20. The average Bonchev–Trinajstić information content (AvgIpc) is 2.71. The van der Waals surface area contributed by atoms with Crippen LogP contribution in [-0.2, 0) is 4.84 Å². The molecule has 4 nitrogen and oxygen atoms in total. The minimum Gasteiger partial charge on any atom is -0.266 e. The van der Waals surface area contributed by atoms with Crippen LogP contribution in [0.4, 0.5) is 0 Å². The van der Waals surface area contributed by atoms with Crippen LogP contribution >= 0.6 is 0 Å². The van der Waals surface area contributed by atoms with Gasteiger partial charge in [-0.1, -0.05) is 12.1 Å². The molecule has 0 saturated heterocycles. The van der Waals surface area contributed by atoms with E-state index in [0.717, 1.165) is 42.1 Å². The maximum Gasteiger partial charge on any atom is 0.285 e. The van der Waals surface area contributed by atoms with Crippen LogP contribution in [0.1, 0.15) is 59.2 Å². The number of fused-ring (bicyclic) bond motifs is 1. The van der Waals surface area contributed by atoms with Gasteiger partial charge >= 0.3 is 0 Å². The second-order valence-electron chi connectivity index (χ2n) is 7.64. The molecular weight excluding hydrogens is 278 g/mol. The van der Waals surface area contributed by atoms with Gasteiger partial charge in [0.1, 0.15) is 0 Å². The van der Waals surface area contributed by atoms with E-state index in [0.29, 0.717) is 11.1 Å². The molecule has 114 valence electrons. The number of carbonyl (C=O) groups is 2. The molecule has 0 radical (unpaired) electrons. The lowest BCUT2D eigenvalue weighted by Gasteiger charge is -2.56. The largest absolute Gasteiger partial charge is 0.285 e. The molecule has 1 heterocycles. The van der Waals surface area contributed by atoms with E-state index in [1.54, 1.807) is 24.3 Å². The van der Waals surface area contributed by atoms with Crippen molar-refractivity contribution in [3.05, 3.63) is 35.4 Å². The number of hydroxylamine groups is 2. The molecule has 4 aliphatic carbocycles. The number of imide groups is 1. The highest BCUT2D eigenvalue weighted by atomic mass is 16.7. The van der Waals surface area contributed by atoms with E-state index in [1.807, 2.05) is 0 Å². The van der Waals surface area contributed by atoms with Gasteiger partial charge in [0, 0.05) is 0 Å². The molecule has 0 spiro atoms. The van der Waals surface area contributed by atoms with E-state index >= 15 is 0 Å². The van der Waals surface area contributed by atoms with E-state index in [2.05, 4.69) is 0 Å². The quantitative estimate of drug-likeness (QED) is 0.788. The van der Waals surface area contributed by atoms with E-state index in [4.69, 9.17) is 4.84 Å². The fourth-order valence-electron chi connectivity index (χ4n) is 5.59. The molecule has 0 unspecified atom stereocenters. The summed E-state index contributed by atoms with van der Waals surface area (Å²) in [4.78, 5) is 31.2. The van der Waals surface area contributed by atoms with Gasteiger partial charge in [-0.3, -0.25) is 14.4 Å². The molecule has 1 aromatic rings. The predicted molar refractivity (Wildman–Crippen MR) is 78.9 cm³/mol. The Hall–Kier alpha value is -1.68. The number of amides is 2. The van der Waals surface area contributed by atoms with E-state index in [1.165, 1.54) is 19.3 Å². The van der Waals surface area contributed by atoms with Crippen molar-refractivity contribution in [2.45, 2.75) is 44.1 Å². The Kier molecular flexibility index (Phi) is 2.44. The van der Waals surface area contributed by atoms with E-state index in [9.17, 15) is 9.59 Å². The van der Waals surface area contributed by atoms with Crippen molar-refractivity contribution in [2.24, 2.45) is 17.8 Å². The third kappa shape index (κ3) is 1.67. The van der Waals surface area contributed by atoms with Gasteiger partial charge in [0.25, 0.3) is 11.8 Å². The average molecular weight is 297 g/mol. The zero-order valence-corrected chi connectivity index (χ0v) is 12.5. The normalized spacial score (nSPS) is 38.7. The van der Waals surface area contributed by atoms with Crippen molar-refractivity contribution >= 4 is 11.8 Å². The van der Waals surface area contributed by atoms with Crippen molar-refractivity contribution in [1.82, 2.24) is 5.06 Å². The van der Waals surface area contributed by atoms with E-state index < -0.39 is 0 Å². The summed E-state index contributed by atoms with van der Waals surface area (Å²) in [6.45, 7) is 0. The summed E-state index contributed by atoms with van der Waals surface area (Å²) in [6.07, 6.45) is 6.95. The highest BCUT2D eigenvalue weighted by Gasteiger charge is 2.54. The van der Waals surface area contributed by atoms with Crippen molar-refractivity contribution in [1.29, 1.82) is 0 Å². The molecular formula is C18H19NO3. The molecule has 4 saturated carbocycles. The lowest BCUT2D eigenvalue weighted by Crippen LogP contribution is -2.55. The number of nitrogens with zero attached hydrogens (tertiary/aromatic N) is 1. The van der Waals surface area contributed by atoms with Gasteiger partial charge < -0.3 is 0 Å². The van der Waals surface area contributed by atoms with Gasteiger partial charge in [0.15, 0.2) is 0 Å². The van der Waals surface area contributed by atoms with Crippen LogP contribution in [0.25, 0.3) is 0 Å².